The number of hydrogen-bond acceptors (Lipinski definition) is 4. The fourth-order valence-corrected chi connectivity index (χ4v) is 2.73. The number of morpholine rings is 1. The molecule has 0 saturated carbocycles. The van der Waals surface area contributed by atoms with Crippen LogP contribution in [0.15, 0.2) is 30.9 Å². The normalized spacial score (nSPS) is 16.0. The first kappa shape index (κ1) is 14.7. The number of allylic oxidation sites excluding steroid dienone is 1. The highest BCUT2D eigenvalue weighted by Crippen LogP contribution is 2.20. The van der Waals surface area contributed by atoms with E-state index in [1.165, 1.54) is 0 Å². The van der Waals surface area contributed by atoms with Gasteiger partial charge in [0.05, 0.1) is 36.4 Å². The molecule has 0 radical (unpaired) electrons. The van der Waals surface area contributed by atoms with Crippen LogP contribution in [0.4, 0.5) is 0 Å². The molecule has 1 aromatic heterocycles. The third kappa shape index (κ3) is 2.88. The summed E-state index contributed by atoms with van der Waals surface area (Å²) in [5.41, 5.74) is 1.91. The van der Waals surface area contributed by atoms with Crippen LogP contribution in [0.3, 0.4) is 0 Å². The topological polar surface area (TPSA) is 67.6 Å². The number of rotatable bonds is 5. The van der Waals surface area contributed by atoms with Gasteiger partial charge in [0.2, 0.25) is 0 Å². The van der Waals surface area contributed by atoms with E-state index in [0.717, 1.165) is 44.2 Å². The molecule has 0 spiro atoms. The Kier molecular flexibility index (Phi) is 4.22. The molecular weight excluding hydrogens is 282 g/mol. The molecule has 0 bridgehead atoms. The number of carboxylic acids is 1. The molecule has 1 aromatic carbocycles. The van der Waals surface area contributed by atoms with E-state index in [2.05, 4.69) is 21.0 Å². The molecule has 6 heteroatoms. The largest absolute Gasteiger partial charge is 0.478 e. The average molecular weight is 301 g/mol. The van der Waals surface area contributed by atoms with Gasteiger partial charge in [-0.1, -0.05) is 6.08 Å². The highest BCUT2D eigenvalue weighted by molar-refractivity contribution is 5.92. The Bertz CT molecular complexity index is 702. The molecule has 0 unspecified atom stereocenters. The maximum absolute atomic E-state index is 11.1. The lowest BCUT2D eigenvalue weighted by Crippen LogP contribution is -2.36. The summed E-state index contributed by atoms with van der Waals surface area (Å²) in [6.07, 6.45) is 1.83. The molecule has 116 valence electrons. The van der Waals surface area contributed by atoms with Gasteiger partial charge in [-0.3, -0.25) is 4.90 Å². The summed E-state index contributed by atoms with van der Waals surface area (Å²) in [5, 5.41) is 9.11. The van der Waals surface area contributed by atoms with Gasteiger partial charge < -0.3 is 14.4 Å². The van der Waals surface area contributed by atoms with E-state index in [1.54, 1.807) is 12.1 Å². The van der Waals surface area contributed by atoms with Gasteiger partial charge in [0, 0.05) is 19.6 Å². The lowest BCUT2D eigenvalue weighted by atomic mass is 10.2. The minimum Gasteiger partial charge on any atom is -0.478 e. The molecule has 2 aromatic rings. The van der Waals surface area contributed by atoms with Crippen molar-refractivity contribution < 1.29 is 14.6 Å². The van der Waals surface area contributed by atoms with Crippen molar-refractivity contribution in [2.75, 3.05) is 26.3 Å². The highest BCUT2D eigenvalue weighted by atomic mass is 16.5. The van der Waals surface area contributed by atoms with Crippen LogP contribution < -0.4 is 0 Å². The number of benzene rings is 1. The Morgan fingerprint density at radius 2 is 2.18 bits per heavy atom. The molecule has 2 heterocycles. The fraction of sp³-hybridized carbons (Fsp3) is 0.375. The first-order chi connectivity index (χ1) is 10.7. The van der Waals surface area contributed by atoms with E-state index in [0.29, 0.717) is 12.1 Å². The Morgan fingerprint density at radius 3 is 2.86 bits per heavy atom. The molecule has 3 rings (SSSR count). The van der Waals surface area contributed by atoms with Crippen LogP contribution in [0.25, 0.3) is 11.0 Å². The van der Waals surface area contributed by atoms with Crippen LogP contribution in [0.2, 0.25) is 0 Å². The quantitative estimate of drug-likeness (QED) is 0.852. The molecule has 6 nitrogen and oxygen atoms in total. The van der Waals surface area contributed by atoms with Crippen molar-refractivity contribution in [3.63, 3.8) is 0 Å². The lowest BCUT2D eigenvalue weighted by molar-refractivity contribution is 0.0327. The zero-order valence-electron chi connectivity index (χ0n) is 12.4. The zero-order valence-corrected chi connectivity index (χ0v) is 12.4. The van der Waals surface area contributed by atoms with Gasteiger partial charge in [-0.05, 0) is 18.2 Å². The van der Waals surface area contributed by atoms with Crippen molar-refractivity contribution in [2.45, 2.75) is 13.1 Å². The minimum absolute atomic E-state index is 0.258. The third-order valence-corrected chi connectivity index (χ3v) is 3.85. The second-order valence-electron chi connectivity index (χ2n) is 5.32. The highest BCUT2D eigenvalue weighted by Gasteiger charge is 2.17. The average Bonchev–Trinajstić information content (AvgIpc) is 2.85. The number of aromatic nitrogens is 2. The molecule has 1 aliphatic heterocycles. The predicted molar refractivity (Wildman–Crippen MR) is 83.0 cm³/mol. The SMILES string of the molecule is C=CCn1c(CN2CCOCC2)nc2cc(C(=O)O)ccc21. The summed E-state index contributed by atoms with van der Waals surface area (Å²) in [7, 11) is 0. The molecule has 22 heavy (non-hydrogen) atoms. The van der Waals surface area contributed by atoms with Crippen molar-refractivity contribution in [1.82, 2.24) is 14.5 Å². The van der Waals surface area contributed by atoms with E-state index in [9.17, 15) is 4.79 Å². The van der Waals surface area contributed by atoms with Gasteiger partial charge in [0.25, 0.3) is 0 Å². The summed E-state index contributed by atoms with van der Waals surface area (Å²) >= 11 is 0. The lowest BCUT2D eigenvalue weighted by Gasteiger charge is -2.26. The van der Waals surface area contributed by atoms with Crippen molar-refractivity contribution >= 4 is 17.0 Å². The number of carboxylic acid groups (broad SMARTS) is 1. The van der Waals surface area contributed by atoms with Gasteiger partial charge >= 0.3 is 5.97 Å². The Morgan fingerprint density at radius 1 is 1.41 bits per heavy atom. The van der Waals surface area contributed by atoms with Gasteiger partial charge in [-0.25, -0.2) is 9.78 Å². The van der Waals surface area contributed by atoms with Gasteiger partial charge in [0.15, 0.2) is 0 Å². The van der Waals surface area contributed by atoms with Gasteiger partial charge in [0.1, 0.15) is 5.82 Å². The first-order valence-corrected chi connectivity index (χ1v) is 7.32. The third-order valence-electron chi connectivity index (χ3n) is 3.85. The summed E-state index contributed by atoms with van der Waals surface area (Å²) in [4.78, 5) is 18.0. The molecule has 1 aliphatic rings. The van der Waals surface area contributed by atoms with Gasteiger partial charge in [-0.2, -0.15) is 0 Å². The molecular formula is C16H19N3O3. The molecule has 1 N–H and O–H groups in total. The molecule has 0 amide bonds. The number of ether oxygens (including phenoxy) is 1. The molecule has 0 atom stereocenters. The van der Waals surface area contributed by atoms with Gasteiger partial charge in [-0.15, -0.1) is 6.58 Å². The van der Waals surface area contributed by atoms with E-state index in [4.69, 9.17) is 9.84 Å². The summed E-state index contributed by atoms with van der Waals surface area (Å²) < 4.78 is 7.45. The van der Waals surface area contributed by atoms with Crippen molar-refractivity contribution in [2.24, 2.45) is 0 Å². The van der Waals surface area contributed by atoms with Crippen LogP contribution in [0.5, 0.6) is 0 Å². The first-order valence-electron chi connectivity index (χ1n) is 7.32. The van der Waals surface area contributed by atoms with E-state index in [1.807, 2.05) is 12.1 Å². The van der Waals surface area contributed by atoms with E-state index in [-0.39, 0.29) is 5.56 Å². The predicted octanol–water partition coefficient (Wildman–Crippen LogP) is 1.75. The summed E-state index contributed by atoms with van der Waals surface area (Å²) in [6, 6.07) is 5.06. The maximum Gasteiger partial charge on any atom is 0.335 e. The Hall–Kier alpha value is -2.18. The summed E-state index contributed by atoms with van der Waals surface area (Å²) in [5.74, 6) is -0.00533. The van der Waals surface area contributed by atoms with Crippen LogP contribution in [-0.4, -0.2) is 51.8 Å². The molecule has 0 aliphatic carbocycles. The monoisotopic (exact) mass is 301 g/mol. The number of aromatic carboxylic acids is 1. The number of nitrogens with zero attached hydrogens (tertiary/aromatic N) is 3. The van der Waals surface area contributed by atoms with Crippen molar-refractivity contribution in [3.05, 3.63) is 42.2 Å². The number of fused-ring (bicyclic) bond motifs is 1. The summed E-state index contributed by atoms with van der Waals surface area (Å²) in [6.45, 7) is 8.44. The second-order valence-corrected chi connectivity index (χ2v) is 5.32. The Labute approximate surface area is 128 Å². The van der Waals surface area contributed by atoms with Crippen molar-refractivity contribution in [3.8, 4) is 0 Å². The number of imidazole rings is 1. The smallest absolute Gasteiger partial charge is 0.335 e. The van der Waals surface area contributed by atoms with E-state index >= 15 is 0 Å². The van der Waals surface area contributed by atoms with Crippen LogP contribution in [0, 0.1) is 0 Å². The zero-order chi connectivity index (χ0) is 15.5. The molecule has 1 fully saturated rings. The Balaban J connectivity index is 1.97. The number of carbonyl (C=O) groups is 1. The fourth-order valence-electron chi connectivity index (χ4n) is 2.73. The maximum atomic E-state index is 11.1. The van der Waals surface area contributed by atoms with Crippen LogP contribution >= 0.6 is 0 Å². The standard InChI is InChI=1S/C16H19N3O3/c1-2-5-19-14-4-3-12(16(20)21)10-13(14)17-15(19)11-18-6-8-22-9-7-18/h2-4,10H,1,5-9,11H2,(H,20,21). The second kappa shape index (κ2) is 6.29. The van der Waals surface area contributed by atoms with Crippen LogP contribution in [0.1, 0.15) is 16.2 Å². The minimum atomic E-state index is -0.935. The van der Waals surface area contributed by atoms with E-state index < -0.39 is 5.97 Å². The number of hydrogen-bond donors (Lipinski definition) is 1. The van der Waals surface area contributed by atoms with Crippen molar-refractivity contribution in [1.29, 1.82) is 0 Å². The van der Waals surface area contributed by atoms with Crippen LogP contribution in [-0.2, 0) is 17.8 Å². The molecule has 1 saturated heterocycles.